The highest BCUT2D eigenvalue weighted by Crippen LogP contribution is 2.25. The van der Waals surface area contributed by atoms with Crippen molar-refractivity contribution in [2.45, 2.75) is 25.6 Å². The van der Waals surface area contributed by atoms with Crippen LogP contribution in [0.25, 0.3) is 0 Å². The zero-order valence-corrected chi connectivity index (χ0v) is 17.2. The molecule has 0 spiro atoms. The number of thiazole rings is 1. The summed E-state index contributed by atoms with van der Waals surface area (Å²) in [6.45, 7) is 1.77. The molecule has 1 amide bonds. The molecule has 2 heterocycles. The lowest BCUT2D eigenvalue weighted by Gasteiger charge is -2.23. The third-order valence-electron chi connectivity index (χ3n) is 4.93. The first-order valence-electron chi connectivity index (χ1n) is 9.85. The van der Waals surface area contributed by atoms with Gasteiger partial charge in [-0.2, -0.15) is 0 Å². The van der Waals surface area contributed by atoms with E-state index in [0.717, 1.165) is 18.5 Å². The normalized spacial score (nSPS) is 14.3. The first-order valence-corrected chi connectivity index (χ1v) is 10.8. The minimum absolute atomic E-state index is 0.171. The number of benzene rings is 2. The monoisotopic (exact) mass is 422 g/mol. The molecule has 0 bridgehead atoms. The van der Waals surface area contributed by atoms with E-state index in [1.807, 2.05) is 23.6 Å². The molecule has 0 aliphatic carbocycles. The van der Waals surface area contributed by atoms with Crippen molar-refractivity contribution in [3.63, 3.8) is 0 Å². The van der Waals surface area contributed by atoms with Gasteiger partial charge in [0, 0.05) is 24.0 Å². The van der Waals surface area contributed by atoms with Crippen LogP contribution < -0.4 is 4.74 Å². The number of likely N-dealkylation sites (tertiary alicyclic amines) is 1. The third kappa shape index (κ3) is 4.86. The average Bonchev–Trinajstić information content (AvgIpc) is 3.51. The van der Waals surface area contributed by atoms with E-state index in [9.17, 15) is 9.59 Å². The van der Waals surface area contributed by atoms with Gasteiger partial charge in [-0.1, -0.05) is 30.3 Å². The van der Waals surface area contributed by atoms with E-state index in [2.05, 4.69) is 4.98 Å². The largest absolute Gasteiger partial charge is 0.487 e. The number of aromatic nitrogens is 1. The quantitative estimate of drug-likeness (QED) is 0.533. The van der Waals surface area contributed by atoms with Gasteiger partial charge in [-0.25, -0.2) is 9.78 Å². The van der Waals surface area contributed by atoms with Crippen molar-refractivity contribution in [1.82, 2.24) is 9.88 Å². The molecule has 1 fully saturated rings. The lowest BCUT2D eigenvalue weighted by atomic mass is 10.1. The van der Waals surface area contributed by atoms with Crippen LogP contribution in [0.1, 0.15) is 40.6 Å². The Hall–Kier alpha value is -3.19. The highest BCUT2D eigenvalue weighted by molar-refractivity contribution is 7.07. The Morgan fingerprint density at radius 3 is 2.43 bits per heavy atom. The molecule has 2 aromatic carbocycles. The van der Waals surface area contributed by atoms with Gasteiger partial charge in [0.05, 0.1) is 16.8 Å². The Labute approximate surface area is 179 Å². The summed E-state index contributed by atoms with van der Waals surface area (Å²) in [6.07, 6.45) is 1.00. The van der Waals surface area contributed by atoms with Crippen LogP contribution >= 0.6 is 11.3 Å². The van der Waals surface area contributed by atoms with Crippen LogP contribution in [0.3, 0.4) is 0 Å². The molecule has 1 aliphatic rings. The molecule has 4 rings (SSSR count). The summed E-state index contributed by atoms with van der Waals surface area (Å²) >= 11 is 1.51. The number of hydrogen-bond donors (Lipinski definition) is 0. The molecular weight excluding hydrogens is 400 g/mol. The predicted molar refractivity (Wildman–Crippen MR) is 113 cm³/mol. The first kappa shape index (κ1) is 20.1. The number of nitrogens with zero attached hydrogens (tertiary/aromatic N) is 2. The third-order valence-corrected chi connectivity index (χ3v) is 5.56. The second-order valence-electron chi connectivity index (χ2n) is 7.02. The summed E-state index contributed by atoms with van der Waals surface area (Å²) in [4.78, 5) is 31.7. The topological polar surface area (TPSA) is 68.7 Å². The standard InChI is InChI=1S/C23H22N2O4S/c26-22(25-12-4-5-13-25)21(17-6-2-1-3-7-17)29-23(27)18-8-10-20(11-9-18)28-14-19-15-30-16-24-19/h1-3,6-11,15-16,21H,4-5,12-14H2. The highest BCUT2D eigenvalue weighted by atomic mass is 32.1. The van der Waals surface area contributed by atoms with Crippen LogP contribution in [0.15, 0.2) is 65.5 Å². The molecule has 1 atom stereocenters. The zero-order valence-electron chi connectivity index (χ0n) is 16.4. The predicted octanol–water partition coefficient (Wildman–Crippen LogP) is 4.24. The Morgan fingerprint density at radius 2 is 1.77 bits per heavy atom. The van der Waals surface area contributed by atoms with Gasteiger partial charge in [-0.05, 0) is 37.1 Å². The Balaban J connectivity index is 1.44. The molecule has 6 nitrogen and oxygen atoms in total. The van der Waals surface area contributed by atoms with Crippen molar-refractivity contribution in [3.8, 4) is 5.75 Å². The molecule has 1 aliphatic heterocycles. The van der Waals surface area contributed by atoms with Crippen LogP contribution in [-0.4, -0.2) is 34.8 Å². The summed E-state index contributed by atoms with van der Waals surface area (Å²) in [5.41, 5.74) is 3.65. The van der Waals surface area contributed by atoms with Gasteiger partial charge in [-0.3, -0.25) is 4.79 Å². The van der Waals surface area contributed by atoms with Crippen LogP contribution in [-0.2, 0) is 16.1 Å². The van der Waals surface area contributed by atoms with E-state index in [-0.39, 0.29) is 5.91 Å². The number of esters is 1. The van der Waals surface area contributed by atoms with E-state index in [1.54, 1.807) is 46.8 Å². The Kier molecular flexibility index (Phi) is 6.39. The molecule has 1 unspecified atom stereocenters. The van der Waals surface area contributed by atoms with E-state index in [4.69, 9.17) is 9.47 Å². The van der Waals surface area contributed by atoms with Gasteiger partial charge >= 0.3 is 5.97 Å². The summed E-state index contributed by atoms with van der Waals surface area (Å²) in [5.74, 6) is -0.0787. The fourth-order valence-corrected chi connectivity index (χ4v) is 3.86. The van der Waals surface area contributed by atoms with Gasteiger partial charge in [0.2, 0.25) is 6.10 Å². The first-order chi connectivity index (χ1) is 14.7. The van der Waals surface area contributed by atoms with Crippen molar-refractivity contribution in [3.05, 3.63) is 82.3 Å². The van der Waals surface area contributed by atoms with Crippen molar-refractivity contribution >= 4 is 23.2 Å². The fourth-order valence-electron chi connectivity index (χ4n) is 3.32. The maximum Gasteiger partial charge on any atom is 0.339 e. The number of carbonyl (C=O) groups excluding carboxylic acids is 2. The van der Waals surface area contributed by atoms with Crippen LogP contribution in [0.2, 0.25) is 0 Å². The minimum atomic E-state index is -0.947. The molecule has 0 saturated carbocycles. The van der Waals surface area contributed by atoms with Gasteiger partial charge in [-0.15, -0.1) is 11.3 Å². The van der Waals surface area contributed by atoms with Crippen LogP contribution in [0.4, 0.5) is 0 Å². The Bertz CT molecular complexity index is 968. The number of rotatable bonds is 7. The maximum absolute atomic E-state index is 13.0. The van der Waals surface area contributed by atoms with Gasteiger partial charge in [0.15, 0.2) is 0 Å². The van der Waals surface area contributed by atoms with E-state index in [1.165, 1.54) is 11.3 Å². The minimum Gasteiger partial charge on any atom is -0.487 e. The smallest absolute Gasteiger partial charge is 0.339 e. The number of carbonyl (C=O) groups is 2. The zero-order chi connectivity index (χ0) is 20.8. The molecule has 0 radical (unpaired) electrons. The molecular formula is C23H22N2O4S. The van der Waals surface area contributed by atoms with E-state index >= 15 is 0 Å². The van der Waals surface area contributed by atoms with Crippen molar-refractivity contribution in [2.75, 3.05) is 13.1 Å². The lowest BCUT2D eigenvalue weighted by Crippen LogP contribution is -2.34. The summed E-state index contributed by atoms with van der Waals surface area (Å²) in [6, 6.07) is 15.9. The number of hydrogen-bond acceptors (Lipinski definition) is 6. The van der Waals surface area contributed by atoms with Crippen molar-refractivity contribution in [1.29, 1.82) is 0 Å². The average molecular weight is 423 g/mol. The second-order valence-corrected chi connectivity index (χ2v) is 7.74. The summed E-state index contributed by atoms with van der Waals surface area (Å²) in [5, 5.41) is 1.92. The van der Waals surface area contributed by atoms with E-state index < -0.39 is 12.1 Å². The van der Waals surface area contributed by atoms with E-state index in [0.29, 0.717) is 36.6 Å². The molecule has 7 heteroatoms. The molecule has 30 heavy (non-hydrogen) atoms. The summed E-state index contributed by atoms with van der Waals surface area (Å²) in [7, 11) is 0. The van der Waals surface area contributed by atoms with Crippen LogP contribution in [0.5, 0.6) is 5.75 Å². The number of ether oxygens (including phenoxy) is 2. The summed E-state index contributed by atoms with van der Waals surface area (Å²) < 4.78 is 11.3. The molecule has 0 N–H and O–H groups in total. The van der Waals surface area contributed by atoms with Gasteiger partial charge in [0.1, 0.15) is 12.4 Å². The molecule has 154 valence electrons. The SMILES string of the molecule is O=C(OC(C(=O)N1CCCC1)c1ccccc1)c1ccc(OCc2cscn2)cc1. The van der Waals surface area contributed by atoms with Crippen molar-refractivity contribution < 1.29 is 19.1 Å². The van der Waals surface area contributed by atoms with Crippen molar-refractivity contribution in [2.24, 2.45) is 0 Å². The van der Waals surface area contributed by atoms with Gasteiger partial charge < -0.3 is 14.4 Å². The number of amides is 1. The second kappa shape index (κ2) is 9.54. The van der Waals surface area contributed by atoms with Crippen LogP contribution in [0, 0.1) is 0 Å². The maximum atomic E-state index is 13.0. The lowest BCUT2D eigenvalue weighted by molar-refractivity contribution is -0.140. The molecule has 3 aromatic rings. The molecule has 1 aromatic heterocycles. The van der Waals surface area contributed by atoms with Gasteiger partial charge in [0.25, 0.3) is 5.91 Å². The molecule has 1 saturated heterocycles. The fraction of sp³-hybridized carbons (Fsp3) is 0.261. The highest BCUT2D eigenvalue weighted by Gasteiger charge is 2.31. The Morgan fingerprint density at radius 1 is 1.03 bits per heavy atom.